The van der Waals surface area contributed by atoms with Crippen molar-refractivity contribution in [2.45, 2.75) is 6.04 Å². The summed E-state index contributed by atoms with van der Waals surface area (Å²) in [6, 6.07) is 2.93. The Labute approximate surface area is 84.1 Å². The van der Waals surface area contributed by atoms with Crippen LogP contribution in [0.5, 0.6) is 5.75 Å². The molecule has 0 aliphatic carbocycles. The van der Waals surface area contributed by atoms with Crippen molar-refractivity contribution in [3.63, 3.8) is 0 Å². The van der Waals surface area contributed by atoms with Crippen LogP contribution >= 0.6 is 0 Å². The maximum atomic E-state index is 12.0. The van der Waals surface area contributed by atoms with Crippen LogP contribution in [0.15, 0.2) is 24.3 Å². The van der Waals surface area contributed by atoms with E-state index in [1.807, 2.05) is 0 Å². The number of phenolic OH excluding ortho intramolecular Hbond substituents is 1. The number of Topliss-reactive ketones (excluding diaryl/α,β-unsaturated/α-hetero) is 1. The molecule has 6 heteroatoms. The van der Waals surface area contributed by atoms with Crippen molar-refractivity contribution < 1.29 is 24.3 Å². The smallest absolute Gasteiger partial charge is 0.331 e. The highest BCUT2D eigenvalue weighted by molar-refractivity contribution is 6.11. The predicted molar refractivity (Wildman–Crippen MR) is 48.1 cm³/mol. The molecule has 0 spiro atoms. The van der Waals surface area contributed by atoms with E-state index in [0.29, 0.717) is 0 Å². The van der Waals surface area contributed by atoms with E-state index in [9.17, 15) is 14.1 Å². The summed E-state index contributed by atoms with van der Waals surface area (Å²) in [4.78, 5) is 21.8. The van der Waals surface area contributed by atoms with E-state index in [-0.39, 0.29) is 11.3 Å². The van der Waals surface area contributed by atoms with Gasteiger partial charge in [-0.05, 0) is 24.3 Å². The van der Waals surface area contributed by atoms with Crippen molar-refractivity contribution in [3.05, 3.63) is 29.8 Å². The Balaban J connectivity index is 2.93. The molecule has 0 saturated carbocycles. The monoisotopic (exact) mass is 213 g/mol. The predicted octanol–water partition coefficient (Wildman–Crippen LogP) is 0.502. The van der Waals surface area contributed by atoms with E-state index in [1.54, 1.807) is 0 Å². The molecule has 0 aromatic heterocycles. The van der Waals surface area contributed by atoms with E-state index in [2.05, 4.69) is 0 Å². The topological polar surface area (TPSA) is 86.6 Å². The fourth-order valence-electron chi connectivity index (χ4n) is 1.00. The van der Waals surface area contributed by atoms with Crippen LogP contribution in [-0.2, 0) is 4.79 Å². The fraction of sp³-hybridized carbons (Fsp3) is 0.111. The van der Waals surface area contributed by atoms with Crippen LogP contribution < -0.4 is 5.54 Å². The molecule has 80 valence electrons. The zero-order chi connectivity index (χ0) is 11.4. The van der Waals surface area contributed by atoms with Crippen LogP contribution in [0.4, 0.5) is 4.48 Å². The normalized spacial score (nSPS) is 12.1. The number of ketones is 1. The summed E-state index contributed by atoms with van der Waals surface area (Å²) in [6.07, 6.45) is 0. The molecule has 0 unspecified atom stereocenters. The summed E-state index contributed by atoms with van der Waals surface area (Å²) in [5, 5.41) is 17.4. The number of nitrogens with one attached hydrogen (secondary N) is 1. The molecule has 15 heavy (non-hydrogen) atoms. The van der Waals surface area contributed by atoms with Gasteiger partial charge in [0.05, 0.1) is 0 Å². The Bertz CT molecular complexity index is 376. The minimum absolute atomic E-state index is 0.00495. The molecule has 0 bridgehead atoms. The number of aliphatic carboxylic acids is 1. The van der Waals surface area contributed by atoms with E-state index >= 15 is 0 Å². The van der Waals surface area contributed by atoms with Gasteiger partial charge in [-0.15, -0.1) is 10.0 Å². The average Bonchev–Trinajstić information content (AvgIpc) is 2.19. The summed E-state index contributed by atoms with van der Waals surface area (Å²) in [5.41, 5.74) is 0.908. The Morgan fingerprint density at radius 2 is 1.80 bits per heavy atom. The molecule has 1 atom stereocenters. The van der Waals surface area contributed by atoms with Gasteiger partial charge in [0.1, 0.15) is 5.75 Å². The van der Waals surface area contributed by atoms with E-state index in [4.69, 9.17) is 10.2 Å². The number of halogens is 1. The number of phenols is 1. The van der Waals surface area contributed by atoms with Gasteiger partial charge >= 0.3 is 5.97 Å². The number of carbonyl (C=O) groups excluding carboxylic acids is 1. The maximum Gasteiger partial charge on any atom is 0.331 e. The van der Waals surface area contributed by atoms with Gasteiger partial charge in [-0.3, -0.25) is 4.79 Å². The second kappa shape index (κ2) is 4.52. The van der Waals surface area contributed by atoms with Crippen molar-refractivity contribution in [1.82, 2.24) is 5.54 Å². The Morgan fingerprint density at radius 1 is 1.27 bits per heavy atom. The number of hydrogen-bond acceptors (Lipinski definition) is 4. The van der Waals surface area contributed by atoms with Crippen molar-refractivity contribution in [2.24, 2.45) is 0 Å². The van der Waals surface area contributed by atoms with Gasteiger partial charge in [-0.2, -0.15) is 0 Å². The summed E-state index contributed by atoms with van der Waals surface area (Å²) < 4.78 is 12.0. The van der Waals surface area contributed by atoms with E-state index < -0.39 is 17.8 Å². The molecule has 1 aromatic rings. The van der Waals surface area contributed by atoms with Crippen molar-refractivity contribution in [3.8, 4) is 5.75 Å². The molecular formula is C9H8FNO4. The molecule has 0 fully saturated rings. The maximum absolute atomic E-state index is 12.0. The largest absolute Gasteiger partial charge is 0.508 e. The first-order chi connectivity index (χ1) is 7.06. The summed E-state index contributed by atoms with van der Waals surface area (Å²) in [6.45, 7) is 0. The van der Waals surface area contributed by atoms with Gasteiger partial charge in [0, 0.05) is 5.56 Å². The third kappa shape index (κ3) is 2.50. The molecule has 1 rings (SSSR count). The minimum Gasteiger partial charge on any atom is -0.508 e. The lowest BCUT2D eigenvalue weighted by Crippen LogP contribution is -2.39. The molecule has 0 saturated heterocycles. The van der Waals surface area contributed by atoms with E-state index in [0.717, 1.165) is 5.54 Å². The number of carboxylic acids is 1. The van der Waals surface area contributed by atoms with Crippen molar-refractivity contribution in [1.29, 1.82) is 0 Å². The molecule has 3 N–H and O–H groups in total. The molecular weight excluding hydrogens is 205 g/mol. The lowest BCUT2D eigenvalue weighted by Gasteiger charge is -2.07. The van der Waals surface area contributed by atoms with Gasteiger partial charge in [-0.1, -0.05) is 0 Å². The van der Waals surface area contributed by atoms with Gasteiger partial charge in [0.25, 0.3) is 0 Å². The zero-order valence-electron chi connectivity index (χ0n) is 7.48. The molecule has 1 aromatic carbocycles. The van der Waals surface area contributed by atoms with Crippen LogP contribution in [0.1, 0.15) is 10.4 Å². The molecule has 0 amide bonds. The van der Waals surface area contributed by atoms with Crippen LogP contribution in [-0.4, -0.2) is 28.0 Å². The molecule has 0 radical (unpaired) electrons. The number of carbonyl (C=O) groups is 2. The highest BCUT2D eigenvalue weighted by Crippen LogP contribution is 2.11. The highest BCUT2D eigenvalue weighted by atomic mass is 19.2. The Morgan fingerprint density at radius 3 is 2.20 bits per heavy atom. The van der Waals surface area contributed by atoms with Crippen LogP contribution in [0.2, 0.25) is 0 Å². The fourth-order valence-corrected chi connectivity index (χ4v) is 1.00. The third-order valence-electron chi connectivity index (χ3n) is 1.77. The highest BCUT2D eigenvalue weighted by Gasteiger charge is 2.27. The summed E-state index contributed by atoms with van der Waals surface area (Å²) >= 11 is 0. The number of aromatic hydroxyl groups is 1. The quantitative estimate of drug-likeness (QED) is 0.385. The van der Waals surface area contributed by atoms with Gasteiger partial charge in [0.15, 0.2) is 11.8 Å². The molecule has 5 nitrogen and oxygen atoms in total. The lowest BCUT2D eigenvalue weighted by atomic mass is 10.1. The van der Waals surface area contributed by atoms with Gasteiger partial charge < -0.3 is 10.2 Å². The van der Waals surface area contributed by atoms with Crippen LogP contribution in [0, 0.1) is 0 Å². The average molecular weight is 213 g/mol. The van der Waals surface area contributed by atoms with Crippen LogP contribution in [0.3, 0.4) is 0 Å². The molecule has 0 aliphatic rings. The van der Waals surface area contributed by atoms with Crippen molar-refractivity contribution in [2.75, 3.05) is 0 Å². The molecule has 0 aliphatic heterocycles. The first-order valence-electron chi connectivity index (χ1n) is 3.98. The summed E-state index contributed by atoms with van der Waals surface area (Å²) in [7, 11) is 0. The molecule has 0 heterocycles. The van der Waals surface area contributed by atoms with Gasteiger partial charge in [0.2, 0.25) is 0 Å². The van der Waals surface area contributed by atoms with E-state index in [1.165, 1.54) is 24.3 Å². The number of rotatable bonds is 4. The number of benzene rings is 1. The number of carboxylic acid groups (broad SMARTS) is 1. The standard InChI is InChI=1S/C9H8FNO4/c10-11-7(9(14)15)8(13)5-1-3-6(12)4-2-5/h1-4,7,11-12H,(H,14,15)/t7-/m0/s1. The Kier molecular flexibility index (Phi) is 3.35. The third-order valence-corrected chi connectivity index (χ3v) is 1.77. The van der Waals surface area contributed by atoms with Crippen LogP contribution in [0.25, 0.3) is 0 Å². The SMILES string of the molecule is O=C(O)[C@@H](NF)C(=O)c1ccc(O)cc1. The first kappa shape index (κ1) is 11.1. The zero-order valence-corrected chi connectivity index (χ0v) is 7.48. The minimum atomic E-state index is -1.92. The lowest BCUT2D eigenvalue weighted by molar-refractivity contribution is -0.139. The second-order valence-corrected chi connectivity index (χ2v) is 2.79. The first-order valence-corrected chi connectivity index (χ1v) is 3.98. The van der Waals surface area contributed by atoms with Gasteiger partial charge in [-0.25, -0.2) is 4.79 Å². The number of hydrogen-bond donors (Lipinski definition) is 3. The second-order valence-electron chi connectivity index (χ2n) is 2.79. The summed E-state index contributed by atoms with van der Waals surface area (Å²) in [5.74, 6) is -2.58. The Hall–Kier alpha value is -1.95. The van der Waals surface area contributed by atoms with Crippen molar-refractivity contribution >= 4 is 11.8 Å².